The van der Waals surface area contributed by atoms with Crippen LogP contribution in [0, 0.1) is 0 Å². The van der Waals surface area contributed by atoms with Gasteiger partial charge < -0.3 is 20.6 Å². The van der Waals surface area contributed by atoms with Crippen LogP contribution in [-0.2, 0) is 16.0 Å². The summed E-state index contributed by atoms with van der Waals surface area (Å²) in [5.41, 5.74) is 3.88. The summed E-state index contributed by atoms with van der Waals surface area (Å²) in [5, 5.41) is 16.3. The molecule has 6 nitrogen and oxygen atoms in total. The van der Waals surface area contributed by atoms with Crippen LogP contribution in [0.1, 0.15) is 5.56 Å². The lowest BCUT2D eigenvalue weighted by Gasteiger charge is -2.29. The van der Waals surface area contributed by atoms with Gasteiger partial charge in [0.05, 0.1) is 6.42 Å². The number of amides is 2. The zero-order valence-electron chi connectivity index (χ0n) is 16.8. The molecule has 0 spiro atoms. The minimum absolute atomic E-state index is 0.165. The summed E-state index contributed by atoms with van der Waals surface area (Å²) in [6.45, 7) is 0. The first-order valence-electron chi connectivity index (χ1n) is 9.78. The highest BCUT2D eigenvalue weighted by atomic mass is 35.5. The number of hydrogen-bond acceptors (Lipinski definition) is 4. The predicted molar refractivity (Wildman–Crippen MR) is 126 cm³/mol. The second-order valence-electron chi connectivity index (χ2n) is 7.20. The number of aliphatic hydroxyl groups is 1. The summed E-state index contributed by atoms with van der Waals surface area (Å²) in [6, 6.07) is 19.9. The molecule has 1 unspecified atom stereocenters. The maximum Gasteiger partial charge on any atom is 0.248 e. The van der Waals surface area contributed by atoms with Gasteiger partial charge in [0.15, 0.2) is 0 Å². The van der Waals surface area contributed by atoms with Crippen LogP contribution in [0.3, 0.4) is 0 Å². The first-order valence-corrected chi connectivity index (χ1v) is 10.5. The van der Waals surface area contributed by atoms with Crippen LogP contribution in [0.4, 0.5) is 11.4 Å². The minimum Gasteiger partial charge on any atom is -0.356 e. The fourth-order valence-electron chi connectivity index (χ4n) is 3.38. The number of benzene rings is 3. The molecule has 0 fully saturated rings. The highest BCUT2D eigenvalue weighted by molar-refractivity contribution is 6.36. The Morgan fingerprint density at radius 1 is 1.06 bits per heavy atom. The number of nitrogens with zero attached hydrogens (tertiary/aromatic N) is 1. The number of aliphatic hydroxyl groups excluding tert-OH is 1. The van der Waals surface area contributed by atoms with Gasteiger partial charge in [0.25, 0.3) is 0 Å². The Morgan fingerprint density at radius 2 is 1.84 bits per heavy atom. The van der Waals surface area contributed by atoms with Gasteiger partial charge in [-0.2, -0.15) is 0 Å². The lowest BCUT2D eigenvalue weighted by molar-refractivity contribution is -0.120. The third-order valence-electron chi connectivity index (χ3n) is 4.90. The molecule has 3 N–H and O–H groups in total. The van der Waals surface area contributed by atoms with E-state index >= 15 is 0 Å². The Bertz CT molecular complexity index is 1200. The van der Waals surface area contributed by atoms with Crippen LogP contribution in [0.15, 0.2) is 79.0 Å². The van der Waals surface area contributed by atoms with Gasteiger partial charge in [0.1, 0.15) is 0 Å². The van der Waals surface area contributed by atoms with Gasteiger partial charge in [-0.15, -0.1) is 0 Å². The standard InChI is InChI=1S/C24H19Cl2N3O3/c25-17-4-9-20(21(26)14-17)16-3-1-2-15(12-16)13-23(31)27-18-5-7-19(8-6-18)29-11-10-22(30)28-24(29)32/h1-12,14,24,32H,13H2,(H,27,31)(H,28,30). The molecule has 0 saturated heterocycles. The van der Waals surface area contributed by atoms with E-state index in [1.165, 1.54) is 17.2 Å². The predicted octanol–water partition coefficient (Wildman–Crippen LogP) is 4.57. The molecule has 0 aromatic heterocycles. The summed E-state index contributed by atoms with van der Waals surface area (Å²) in [6.07, 6.45) is 1.87. The molecule has 1 heterocycles. The van der Waals surface area contributed by atoms with E-state index in [0.29, 0.717) is 21.4 Å². The summed E-state index contributed by atoms with van der Waals surface area (Å²) in [7, 11) is 0. The Hall–Kier alpha value is -3.32. The monoisotopic (exact) mass is 467 g/mol. The van der Waals surface area contributed by atoms with Crippen LogP contribution >= 0.6 is 23.2 Å². The molecule has 1 aliphatic rings. The molecule has 0 radical (unpaired) electrons. The first-order chi connectivity index (χ1) is 15.4. The van der Waals surface area contributed by atoms with Crippen LogP contribution in [-0.4, -0.2) is 23.3 Å². The number of halogens is 2. The van der Waals surface area contributed by atoms with Crippen molar-refractivity contribution >= 4 is 46.4 Å². The van der Waals surface area contributed by atoms with Crippen molar-refractivity contribution in [3.63, 3.8) is 0 Å². The lowest BCUT2D eigenvalue weighted by atomic mass is 10.0. The number of carbonyl (C=O) groups excluding carboxylic acids is 2. The minimum atomic E-state index is -1.14. The second kappa shape index (κ2) is 9.44. The van der Waals surface area contributed by atoms with Crippen molar-refractivity contribution in [2.45, 2.75) is 12.8 Å². The molecule has 0 bridgehead atoms. The van der Waals surface area contributed by atoms with Gasteiger partial charge in [-0.25, -0.2) is 0 Å². The van der Waals surface area contributed by atoms with Gasteiger partial charge in [-0.3, -0.25) is 9.59 Å². The average molecular weight is 468 g/mol. The Balaban J connectivity index is 1.42. The molecule has 3 aromatic rings. The van der Waals surface area contributed by atoms with E-state index in [4.69, 9.17) is 23.2 Å². The molecule has 162 valence electrons. The fourth-order valence-corrected chi connectivity index (χ4v) is 3.90. The largest absolute Gasteiger partial charge is 0.356 e. The molecule has 4 rings (SSSR count). The molecule has 2 amide bonds. The number of hydrogen-bond donors (Lipinski definition) is 3. The van der Waals surface area contributed by atoms with Crippen molar-refractivity contribution in [1.82, 2.24) is 5.32 Å². The van der Waals surface area contributed by atoms with Gasteiger partial charge in [-0.05, 0) is 47.5 Å². The SMILES string of the molecule is O=C1C=CN(c2ccc(NC(=O)Cc3cccc(-c4ccc(Cl)cc4Cl)c3)cc2)C(O)N1. The second-order valence-corrected chi connectivity index (χ2v) is 8.05. The number of nitrogens with one attached hydrogen (secondary N) is 2. The van der Waals surface area contributed by atoms with Crippen molar-refractivity contribution in [3.05, 3.63) is 94.6 Å². The van der Waals surface area contributed by atoms with E-state index in [9.17, 15) is 14.7 Å². The average Bonchev–Trinajstić information content (AvgIpc) is 2.75. The number of rotatable bonds is 5. The van der Waals surface area contributed by atoms with Gasteiger partial charge >= 0.3 is 0 Å². The van der Waals surface area contributed by atoms with E-state index in [2.05, 4.69) is 10.6 Å². The van der Waals surface area contributed by atoms with Crippen molar-refractivity contribution in [3.8, 4) is 11.1 Å². The third-order valence-corrected chi connectivity index (χ3v) is 5.45. The zero-order valence-corrected chi connectivity index (χ0v) is 18.3. The molecule has 1 aliphatic heterocycles. The first kappa shape index (κ1) is 21.9. The summed E-state index contributed by atoms with van der Waals surface area (Å²) < 4.78 is 0. The zero-order chi connectivity index (χ0) is 22.7. The van der Waals surface area contributed by atoms with Crippen molar-refractivity contribution in [2.24, 2.45) is 0 Å². The molecule has 8 heteroatoms. The molecular weight excluding hydrogens is 449 g/mol. The highest BCUT2D eigenvalue weighted by Gasteiger charge is 2.19. The van der Waals surface area contributed by atoms with Crippen LogP contribution in [0.2, 0.25) is 10.0 Å². The van der Waals surface area contributed by atoms with Crippen LogP contribution in [0.25, 0.3) is 11.1 Å². The number of anilines is 2. The molecular formula is C24H19Cl2N3O3. The third kappa shape index (κ3) is 5.11. The van der Waals surface area contributed by atoms with Gasteiger partial charge in [0.2, 0.25) is 18.2 Å². The summed E-state index contributed by atoms with van der Waals surface area (Å²) >= 11 is 12.3. The van der Waals surface area contributed by atoms with E-state index in [1.54, 1.807) is 36.4 Å². The van der Waals surface area contributed by atoms with Crippen LogP contribution in [0.5, 0.6) is 0 Å². The Labute approximate surface area is 195 Å². The highest BCUT2D eigenvalue weighted by Crippen LogP contribution is 2.31. The van der Waals surface area contributed by atoms with E-state index < -0.39 is 6.35 Å². The maximum atomic E-state index is 12.6. The van der Waals surface area contributed by atoms with E-state index in [-0.39, 0.29) is 18.2 Å². The smallest absolute Gasteiger partial charge is 0.248 e. The van der Waals surface area contributed by atoms with E-state index in [1.807, 2.05) is 30.3 Å². The van der Waals surface area contributed by atoms with Crippen LogP contribution < -0.4 is 15.5 Å². The molecule has 32 heavy (non-hydrogen) atoms. The summed E-state index contributed by atoms with van der Waals surface area (Å²) in [4.78, 5) is 25.3. The van der Waals surface area contributed by atoms with Crippen molar-refractivity contribution < 1.29 is 14.7 Å². The topological polar surface area (TPSA) is 81.7 Å². The van der Waals surface area contributed by atoms with E-state index in [0.717, 1.165) is 16.7 Å². The lowest BCUT2D eigenvalue weighted by Crippen LogP contribution is -2.48. The van der Waals surface area contributed by atoms with Crippen molar-refractivity contribution in [2.75, 3.05) is 10.2 Å². The summed E-state index contributed by atoms with van der Waals surface area (Å²) in [5.74, 6) is -0.526. The fraction of sp³-hybridized carbons (Fsp3) is 0.0833. The Morgan fingerprint density at radius 3 is 2.56 bits per heavy atom. The molecule has 3 aromatic carbocycles. The van der Waals surface area contributed by atoms with Crippen molar-refractivity contribution in [1.29, 1.82) is 0 Å². The molecule has 0 saturated carbocycles. The maximum absolute atomic E-state index is 12.6. The van der Waals surface area contributed by atoms with Gasteiger partial charge in [-0.1, -0.05) is 53.5 Å². The molecule has 0 aliphatic carbocycles. The normalized spacial score (nSPS) is 15.4. The Kier molecular flexibility index (Phi) is 6.46. The molecule has 1 atom stereocenters. The quantitative estimate of drug-likeness (QED) is 0.513. The van der Waals surface area contributed by atoms with Gasteiger partial charge in [0, 0.05) is 39.3 Å². The number of carbonyl (C=O) groups is 2.